The fourth-order valence-electron chi connectivity index (χ4n) is 2.64. The molecule has 2 N–H and O–H groups in total. The second-order valence-electron chi connectivity index (χ2n) is 6.06. The number of hydrogen-bond donors (Lipinski definition) is 1. The Morgan fingerprint density at radius 2 is 2.09 bits per heavy atom. The minimum atomic E-state index is -0.698. The molecule has 0 radical (unpaired) electrons. The molecule has 6 nitrogen and oxygen atoms in total. The Kier molecular flexibility index (Phi) is 5.22. The average Bonchev–Trinajstić information content (AvgIpc) is 3.02. The maximum Gasteiger partial charge on any atom is 0.263 e. The number of benzene rings is 1. The van der Waals surface area contributed by atoms with E-state index < -0.39 is 6.10 Å². The van der Waals surface area contributed by atoms with Crippen molar-refractivity contribution in [3.8, 4) is 11.8 Å². The summed E-state index contributed by atoms with van der Waals surface area (Å²) < 4.78 is 5.84. The zero-order chi connectivity index (χ0) is 17.0. The molecule has 2 atom stereocenters. The van der Waals surface area contributed by atoms with Gasteiger partial charge in [-0.2, -0.15) is 5.26 Å². The molecule has 0 aromatic heterocycles. The van der Waals surface area contributed by atoms with E-state index in [9.17, 15) is 9.59 Å². The molecule has 122 valence electrons. The lowest BCUT2D eigenvalue weighted by atomic mass is 10.1. The van der Waals surface area contributed by atoms with Crippen LogP contribution in [0, 0.1) is 23.2 Å². The van der Waals surface area contributed by atoms with Gasteiger partial charge < -0.3 is 15.4 Å². The Labute approximate surface area is 135 Å². The summed E-state index contributed by atoms with van der Waals surface area (Å²) in [4.78, 5) is 25.6. The van der Waals surface area contributed by atoms with Gasteiger partial charge in [0.25, 0.3) is 5.91 Å². The summed E-state index contributed by atoms with van der Waals surface area (Å²) in [5.41, 5.74) is 5.70. The van der Waals surface area contributed by atoms with Crippen molar-refractivity contribution in [1.29, 1.82) is 5.26 Å². The third kappa shape index (κ3) is 3.81. The highest BCUT2D eigenvalue weighted by molar-refractivity contribution is 5.84. The van der Waals surface area contributed by atoms with E-state index >= 15 is 0 Å². The highest BCUT2D eigenvalue weighted by Gasteiger charge is 2.35. The van der Waals surface area contributed by atoms with Crippen LogP contribution in [-0.2, 0) is 9.59 Å². The third-order valence-electron chi connectivity index (χ3n) is 4.01. The number of hydrogen-bond acceptors (Lipinski definition) is 4. The summed E-state index contributed by atoms with van der Waals surface area (Å²) in [5.74, 6) is -0.513. The molecule has 6 heteroatoms. The normalized spacial score (nSPS) is 18.5. The van der Waals surface area contributed by atoms with Gasteiger partial charge in [0.15, 0.2) is 6.10 Å². The monoisotopic (exact) mass is 315 g/mol. The fraction of sp³-hybridized carbons (Fsp3) is 0.471. The minimum absolute atomic E-state index is 0.0677. The molecule has 23 heavy (non-hydrogen) atoms. The predicted octanol–water partition coefficient (Wildman–Crippen LogP) is 1.30. The Morgan fingerprint density at radius 3 is 2.65 bits per heavy atom. The number of amides is 2. The van der Waals surface area contributed by atoms with Gasteiger partial charge in [-0.25, -0.2) is 0 Å². The van der Waals surface area contributed by atoms with E-state index in [0.717, 1.165) is 0 Å². The molecule has 0 spiro atoms. The second kappa shape index (κ2) is 7.14. The zero-order valence-corrected chi connectivity index (χ0v) is 13.4. The molecule has 0 bridgehead atoms. The molecule has 0 aliphatic carbocycles. The quantitative estimate of drug-likeness (QED) is 0.885. The van der Waals surface area contributed by atoms with E-state index in [0.29, 0.717) is 30.8 Å². The minimum Gasteiger partial charge on any atom is -0.479 e. The molecule has 1 saturated heterocycles. The van der Waals surface area contributed by atoms with Crippen LogP contribution in [0.1, 0.15) is 25.8 Å². The van der Waals surface area contributed by atoms with Gasteiger partial charge in [0.05, 0.1) is 11.5 Å². The Bertz CT molecular complexity index is 636. The summed E-state index contributed by atoms with van der Waals surface area (Å²) in [7, 11) is 0. The van der Waals surface area contributed by atoms with Crippen LogP contribution in [-0.4, -0.2) is 35.9 Å². The Balaban J connectivity index is 2.14. The van der Waals surface area contributed by atoms with Gasteiger partial charge in [0, 0.05) is 13.1 Å². The summed E-state index contributed by atoms with van der Waals surface area (Å²) in [6.07, 6.45) is -0.114. The zero-order valence-electron chi connectivity index (χ0n) is 13.4. The number of primary amides is 1. The molecule has 1 aromatic rings. The van der Waals surface area contributed by atoms with Crippen LogP contribution in [0.15, 0.2) is 24.3 Å². The molecule has 1 aliphatic heterocycles. The van der Waals surface area contributed by atoms with Crippen molar-refractivity contribution in [2.45, 2.75) is 26.4 Å². The Hall–Kier alpha value is -2.55. The molecule has 1 heterocycles. The number of likely N-dealkylation sites (tertiary alicyclic amines) is 1. The SMILES string of the molecule is CC(C)[C@H](Oc1ccccc1C#N)C(=O)N1CC[C@@H](C(N)=O)C1. The lowest BCUT2D eigenvalue weighted by Crippen LogP contribution is -2.44. The molecule has 2 rings (SSSR count). The van der Waals surface area contributed by atoms with Crippen molar-refractivity contribution < 1.29 is 14.3 Å². The van der Waals surface area contributed by atoms with Crippen LogP contribution in [0.25, 0.3) is 0 Å². The largest absolute Gasteiger partial charge is 0.479 e. The number of para-hydroxylation sites is 1. The highest BCUT2D eigenvalue weighted by atomic mass is 16.5. The number of carbonyl (C=O) groups excluding carboxylic acids is 2. The number of rotatable bonds is 5. The number of nitriles is 1. The van der Waals surface area contributed by atoms with Crippen molar-refractivity contribution in [2.24, 2.45) is 17.6 Å². The number of carbonyl (C=O) groups is 2. The van der Waals surface area contributed by atoms with Crippen molar-refractivity contribution in [2.75, 3.05) is 13.1 Å². The third-order valence-corrected chi connectivity index (χ3v) is 4.01. The number of nitrogens with two attached hydrogens (primary N) is 1. The van der Waals surface area contributed by atoms with Crippen molar-refractivity contribution in [3.63, 3.8) is 0 Å². The predicted molar refractivity (Wildman–Crippen MR) is 84.3 cm³/mol. The topological polar surface area (TPSA) is 96.4 Å². The summed E-state index contributed by atoms with van der Waals surface area (Å²) in [6, 6.07) is 8.89. The first-order chi connectivity index (χ1) is 10.9. The molecule has 1 fully saturated rings. The summed E-state index contributed by atoms with van der Waals surface area (Å²) >= 11 is 0. The molecule has 1 aliphatic rings. The van der Waals surface area contributed by atoms with Crippen LogP contribution in [0.5, 0.6) is 5.75 Å². The van der Waals surface area contributed by atoms with Gasteiger partial charge in [0.2, 0.25) is 5.91 Å². The van der Waals surface area contributed by atoms with Crippen LogP contribution in [0.2, 0.25) is 0 Å². The van der Waals surface area contributed by atoms with Gasteiger partial charge >= 0.3 is 0 Å². The van der Waals surface area contributed by atoms with Crippen molar-refractivity contribution >= 4 is 11.8 Å². The molecule has 1 aromatic carbocycles. The van der Waals surface area contributed by atoms with E-state index in [1.807, 2.05) is 13.8 Å². The van der Waals surface area contributed by atoms with Crippen LogP contribution in [0.4, 0.5) is 0 Å². The summed E-state index contributed by atoms with van der Waals surface area (Å²) in [6.45, 7) is 4.61. The van der Waals surface area contributed by atoms with Gasteiger partial charge in [-0.15, -0.1) is 0 Å². The molecule has 2 amide bonds. The van der Waals surface area contributed by atoms with Gasteiger partial charge in [-0.1, -0.05) is 26.0 Å². The molecule has 0 unspecified atom stereocenters. The number of nitrogens with zero attached hydrogens (tertiary/aromatic N) is 2. The van der Waals surface area contributed by atoms with E-state index in [2.05, 4.69) is 6.07 Å². The lowest BCUT2D eigenvalue weighted by Gasteiger charge is -2.27. The van der Waals surface area contributed by atoms with Gasteiger partial charge in [-0.05, 0) is 24.5 Å². The first-order valence-corrected chi connectivity index (χ1v) is 7.68. The van der Waals surface area contributed by atoms with E-state index in [4.69, 9.17) is 15.7 Å². The van der Waals surface area contributed by atoms with Crippen LogP contribution >= 0.6 is 0 Å². The van der Waals surface area contributed by atoms with E-state index in [1.165, 1.54) is 0 Å². The highest BCUT2D eigenvalue weighted by Crippen LogP contribution is 2.24. The second-order valence-corrected chi connectivity index (χ2v) is 6.06. The van der Waals surface area contributed by atoms with E-state index in [1.54, 1.807) is 29.2 Å². The van der Waals surface area contributed by atoms with Crippen LogP contribution in [0.3, 0.4) is 0 Å². The first-order valence-electron chi connectivity index (χ1n) is 7.68. The van der Waals surface area contributed by atoms with Crippen molar-refractivity contribution in [1.82, 2.24) is 4.90 Å². The summed E-state index contributed by atoms with van der Waals surface area (Å²) in [5, 5.41) is 9.14. The fourth-order valence-corrected chi connectivity index (χ4v) is 2.64. The Morgan fingerprint density at radius 1 is 1.39 bits per heavy atom. The molecule has 0 saturated carbocycles. The van der Waals surface area contributed by atoms with Gasteiger partial charge in [0.1, 0.15) is 11.8 Å². The van der Waals surface area contributed by atoms with E-state index in [-0.39, 0.29) is 23.7 Å². The van der Waals surface area contributed by atoms with Crippen molar-refractivity contribution in [3.05, 3.63) is 29.8 Å². The number of ether oxygens (including phenoxy) is 1. The lowest BCUT2D eigenvalue weighted by molar-refractivity contribution is -0.139. The average molecular weight is 315 g/mol. The standard InChI is InChI=1S/C17H21N3O3/c1-11(2)15(23-14-6-4-3-5-12(14)9-18)17(22)20-8-7-13(10-20)16(19)21/h3-6,11,13,15H,7-8,10H2,1-2H3,(H2,19,21)/t13-,15+/m1/s1. The molecular weight excluding hydrogens is 294 g/mol. The molecular formula is C17H21N3O3. The smallest absolute Gasteiger partial charge is 0.263 e. The first kappa shape index (κ1) is 16.8. The maximum atomic E-state index is 12.7. The van der Waals surface area contributed by atoms with Gasteiger partial charge in [-0.3, -0.25) is 9.59 Å². The maximum absolute atomic E-state index is 12.7. The van der Waals surface area contributed by atoms with Crippen LogP contribution < -0.4 is 10.5 Å².